The van der Waals surface area contributed by atoms with Crippen LogP contribution in [0, 0.1) is 5.92 Å². The second kappa shape index (κ2) is 15.1. The fourth-order valence-electron chi connectivity index (χ4n) is 2.83. The molecule has 0 saturated carbocycles. The number of hydrogen-bond acceptors (Lipinski definition) is 8. The summed E-state index contributed by atoms with van der Waals surface area (Å²) in [5, 5.41) is 35.1. The van der Waals surface area contributed by atoms with Gasteiger partial charge in [0.05, 0.1) is 18.6 Å². The standard InChI is InChI=1S/C20H37N5O8/c1-4-10(2)15(22)18(30)24-13(9-14(27)28)17(29)25-16(11(3)26)19(31)23-12(20(32)33)7-5-6-8-21/h10-13,15-16,26H,4-9,21-22H2,1-3H3,(H,23,31)(H,24,30)(H,25,29)(H,27,28)(H,32,33). The molecule has 0 heterocycles. The van der Waals surface area contributed by atoms with Gasteiger partial charge in [-0.05, 0) is 38.6 Å². The van der Waals surface area contributed by atoms with Crippen LogP contribution in [0.2, 0.25) is 0 Å². The second-order valence-electron chi connectivity index (χ2n) is 7.98. The first-order valence-corrected chi connectivity index (χ1v) is 10.8. The van der Waals surface area contributed by atoms with Crippen molar-refractivity contribution in [2.75, 3.05) is 6.54 Å². The Morgan fingerprint density at radius 1 is 0.879 bits per heavy atom. The van der Waals surface area contributed by atoms with Crippen LogP contribution >= 0.6 is 0 Å². The minimum atomic E-state index is -1.59. The molecule has 10 N–H and O–H groups in total. The highest BCUT2D eigenvalue weighted by molar-refractivity contribution is 5.95. The van der Waals surface area contributed by atoms with Crippen LogP contribution in [0.5, 0.6) is 0 Å². The van der Waals surface area contributed by atoms with Gasteiger partial charge in [0, 0.05) is 0 Å². The van der Waals surface area contributed by atoms with Gasteiger partial charge in [-0.2, -0.15) is 0 Å². The highest BCUT2D eigenvalue weighted by atomic mass is 16.4. The zero-order valence-corrected chi connectivity index (χ0v) is 19.2. The van der Waals surface area contributed by atoms with Gasteiger partial charge in [-0.1, -0.05) is 20.3 Å². The van der Waals surface area contributed by atoms with E-state index in [2.05, 4.69) is 16.0 Å². The van der Waals surface area contributed by atoms with E-state index in [0.29, 0.717) is 25.8 Å². The molecule has 0 aromatic heterocycles. The maximum atomic E-state index is 12.7. The Morgan fingerprint density at radius 2 is 1.45 bits per heavy atom. The molecule has 33 heavy (non-hydrogen) atoms. The van der Waals surface area contributed by atoms with Crippen LogP contribution in [0.4, 0.5) is 0 Å². The van der Waals surface area contributed by atoms with Crippen molar-refractivity contribution in [2.45, 2.75) is 83.1 Å². The largest absolute Gasteiger partial charge is 0.481 e. The summed E-state index contributed by atoms with van der Waals surface area (Å²) in [5.74, 6) is -5.69. The maximum Gasteiger partial charge on any atom is 0.326 e. The van der Waals surface area contributed by atoms with Crippen molar-refractivity contribution in [1.29, 1.82) is 0 Å². The number of hydrogen-bond donors (Lipinski definition) is 8. The zero-order chi connectivity index (χ0) is 25.7. The lowest BCUT2D eigenvalue weighted by Crippen LogP contribution is -2.60. The molecule has 3 amide bonds. The molecule has 13 heteroatoms. The number of nitrogens with two attached hydrogens (primary N) is 2. The molecule has 190 valence electrons. The molecule has 0 rings (SSSR count). The van der Waals surface area contributed by atoms with Crippen molar-refractivity contribution in [3.8, 4) is 0 Å². The number of carboxylic acid groups (broad SMARTS) is 2. The number of aliphatic hydroxyl groups excluding tert-OH is 1. The van der Waals surface area contributed by atoms with Gasteiger partial charge in [-0.25, -0.2) is 4.79 Å². The van der Waals surface area contributed by atoms with Gasteiger partial charge < -0.3 is 42.7 Å². The predicted molar refractivity (Wildman–Crippen MR) is 118 cm³/mol. The average Bonchev–Trinajstić information content (AvgIpc) is 2.74. The third-order valence-corrected chi connectivity index (χ3v) is 5.20. The zero-order valence-electron chi connectivity index (χ0n) is 19.2. The van der Waals surface area contributed by atoms with E-state index in [9.17, 15) is 34.2 Å². The van der Waals surface area contributed by atoms with E-state index >= 15 is 0 Å². The summed E-state index contributed by atoms with van der Waals surface area (Å²) in [4.78, 5) is 60.2. The van der Waals surface area contributed by atoms with Crippen molar-refractivity contribution >= 4 is 29.7 Å². The Kier molecular flexibility index (Phi) is 13.9. The van der Waals surface area contributed by atoms with Crippen LogP contribution in [0.15, 0.2) is 0 Å². The number of aliphatic hydroxyl groups is 1. The second-order valence-corrected chi connectivity index (χ2v) is 7.98. The average molecular weight is 476 g/mol. The van der Waals surface area contributed by atoms with E-state index < -0.39 is 66.4 Å². The molecule has 0 aliphatic carbocycles. The van der Waals surface area contributed by atoms with Crippen molar-refractivity contribution in [3.05, 3.63) is 0 Å². The van der Waals surface area contributed by atoms with E-state index in [1.807, 2.05) is 6.92 Å². The number of nitrogens with one attached hydrogen (secondary N) is 3. The van der Waals surface area contributed by atoms with Gasteiger partial charge in [0.25, 0.3) is 0 Å². The third kappa shape index (κ3) is 11.1. The van der Waals surface area contributed by atoms with E-state index in [1.165, 1.54) is 6.92 Å². The van der Waals surface area contributed by atoms with Crippen molar-refractivity contribution in [1.82, 2.24) is 16.0 Å². The summed E-state index contributed by atoms with van der Waals surface area (Å²) in [6.07, 6.45) is -0.602. The molecule has 0 aliphatic rings. The van der Waals surface area contributed by atoms with Crippen molar-refractivity contribution in [2.24, 2.45) is 17.4 Å². The Balaban J connectivity index is 5.42. The minimum absolute atomic E-state index is 0.0872. The normalized spacial score (nSPS) is 16.4. The highest BCUT2D eigenvalue weighted by Crippen LogP contribution is 2.07. The molecular weight excluding hydrogens is 438 g/mol. The molecular formula is C20H37N5O8. The van der Waals surface area contributed by atoms with Crippen LogP contribution in [-0.4, -0.2) is 81.8 Å². The van der Waals surface area contributed by atoms with Crippen LogP contribution in [0.3, 0.4) is 0 Å². The monoisotopic (exact) mass is 475 g/mol. The van der Waals surface area contributed by atoms with Gasteiger partial charge in [0.1, 0.15) is 18.1 Å². The quantitative estimate of drug-likeness (QED) is 0.113. The number of amides is 3. The minimum Gasteiger partial charge on any atom is -0.481 e. The molecule has 13 nitrogen and oxygen atoms in total. The van der Waals surface area contributed by atoms with E-state index in [1.54, 1.807) is 6.92 Å². The Labute approximate surface area is 192 Å². The number of rotatable bonds is 16. The molecule has 0 aromatic carbocycles. The summed E-state index contributed by atoms with van der Waals surface area (Å²) in [7, 11) is 0. The molecule has 6 atom stereocenters. The highest BCUT2D eigenvalue weighted by Gasteiger charge is 2.33. The number of aliphatic carboxylic acids is 2. The van der Waals surface area contributed by atoms with Crippen molar-refractivity contribution < 1.29 is 39.3 Å². The van der Waals surface area contributed by atoms with E-state index in [4.69, 9.17) is 16.6 Å². The molecule has 0 fully saturated rings. The molecule has 0 radical (unpaired) electrons. The van der Waals surface area contributed by atoms with Crippen molar-refractivity contribution in [3.63, 3.8) is 0 Å². The van der Waals surface area contributed by atoms with E-state index in [0.717, 1.165) is 0 Å². The smallest absolute Gasteiger partial charge is 0.326 e. The summed E-state index contributed by atoms with van der Waals surface area (Å²) < 4.78 is 0. The maximum absolute atomic E-state index is 12.7. The van der Waals surface area contributed by atoms with Gasteiger partial charge in [-0.3, -0.25) is 19.2 Å². The topological polar surface area (TPSA) is 234 Å². The number of carbonyl (C=O) groups excluding carboxylic acids is 3. The van der Waals surface area contributed by atoms with Crippen LogP contribution in [0.25, 0.3) is 0 Å². The first-order valence-electron chi connectivity index (χ1n) is 10.8. The van der Waals surface area contributed by atoms with Crippen LogP contribution in [-0.2, 0) is 24.0 Å². The Morgan fingerprint density at radius 3 is 1.91 bits per heavy atom. The predicted octanol–water partition coefficient (Wildman–Crippen LogP) is -2.12. The van der Waals surface area contributed by atoms with E-state index in [-0.39, 0.29) is 12.3 Å². The molecule has 0 aromatic rings. The van der Waals surface area contributed by atoms with Gasteiger partial charge in [-0.15, -0.1) is 0 Å². The summed E-state index contributed by atoms with van der Waals surface area (Å²) >= 11 is 0. The third-order valence-electron chi connectivity index (χ3n) is 5.20. The van der Waals surface area contributed by atoms with Gasteiger partial charge in [0.15, 0.2) is 0 Å². The molecule has 6 unspecified atom stereocenters. The fourth-order valence-corrected chi connectivity index (χ4v) is 2.83. The Hall–Kier alpha value is -2.77. The number of carboxylic acids is 2. The lowest BCUT2D eigenvalue weighted by Gasteiger charge is -2.26. The number of carbonyl (C=O) groups is 5. The first kappa shape index (κ1) is 30.2. The van der Waals surface area contributed by atoms with Crippen LogP contribution < -0.4 is 27.4 Å². The summed E-state index contributed by atoms with van der Waals surface area (Å²) in [5.41, 5.74) is 11.2. The summed E-state index contributed by atoms with van der Waals surface area (Å²) in [6, 6.07) is -5.42. The lowest BCUT2D eigenvalue weighted by molar-refractivity contribution is -0.144. The molecule has 0 saturated heterocycles. The van der Waals surface area contributed by atoms with Gasteiger partial charge in [0.2, 0.25) is 17.7 Å². The molecule has 0 spiro atoms. The van der Waals surface area contributed by atoms with Gasteiger partial charge >= 0.3 is 11.9 Å². The lowest BCUT2D eigenvalue weighted by atomic mass is 9.99. The SMILES string of the molecule is CCC(C)C(N)C(=O)NC(CC(=O)O)C(=O)NC(C(=O)NC(CCCCN)C(=O)O)C(C)O. The fraction of sp³-hybridized carbons (Fsp3) is 0.750. The summed E-state index contributed by atoms with van der Waals surface area (Å²) in [6.45, 7) is 5.07. The first-order chi connectivity index (χ1) is 15.3. The number of unbranched alkanes of at least 4 members (excludes halogenated alkanes) is 1. The molecule has 0 bridgehead atoms. The molecule has 0 aliphatic heterocycles. The van der Waals surface area contributed by atoms with Crippen LogP contribution in [0.1, 0.15) is 52.9 Å². The Bertz CT molecular complexity index is 687.